The van der Waals surface area contributed by atoms with E-state index in [-0.39, 0.29) is 18.9 Å². The average molecular weight is 808 g/mol. The third-order valence-corrected chi connectivity index (χ3v) is 13.2. The van der Waals surface area contributed by atoms with E-state index in [0.29, 0.717) is 38.3 Å². The van der Waals surface area contributed by atoms with Gasteiger partial charge in [-0.25, -0.2) is 35.0 Å². The van der Waals surface area contributed by atoms with E-state index < -0.39 is 72.3 Å². The molecule has 0 aliphatic heterocycles. The fraction of sp³-hybridized carbons (Fsp3) is 0.387. The average Bonchev–Trinajstić information content (AvgIpc) is 3.26. The summed E-state index contributed by atoms with van der Waals surface area (Å²) in [6.07, 6.45) is 0. The van der Waals surface area contributed by atoms with Crippen LogP contribution in [-0.4, -0.2) is 54.3 Å². The van der Waals surface area contributed by atoms with Crippen molar-refractivity contribution in [3.8, 4) is 11.1 Å². The van der Waals surface area contributed by atoms with Crippen molar-refractivity contribution in [2.45, 2.75) is 63.0 Å². The van der Waals surface area contributed by atoms with E-state index in [9.17, 15) is 17.2 Å². The zero-order chi connectivity index (χ0) is 34.0. The SMILES string of the molecule is C[Si](C)(C)CCOCN(c1ccc(F)c(-c2ccc3c(I)nn(COCC[Si](C)(C)C)c3c2)c1F)S(=O)(=O)c1cc(F)ccc1F. The molecule has 0 radical (unpaired) electrons. The molecule has 4 aromatic rings. The van der Waals surface area contributed by atoms with Crippen LogP contribution in [0.15, 0.2) is 53.4 Å². The fourth-order valence-electron chi connectivity index (χ4n) is 4.50. The van der Waals surface area contributed by atoms with Crippen LogP contribution in [0.2, 0.25) is 51.4 Å². The number of hydrogen-bond acceptors (Lipinski definition) is 5. The van der Waals surface area contributed by atoms with Crippen LogP contribution in [0.5, 0.6) is 0 Å². The van der Waals surface area contributed by atoms with Crippen molar-refractivity contribution < 1.29 is 35.5 Å². The Hall–Kier alpha value is -2.32. The van der Waals surface area contributed by atoms with Gasteiger partial charge in [0.1, 0.15) is 39.5 Å². The standard InChI is InChI=1S/C31H38F4IN3O4SSi2/c1-45(2,3)15-13-42-19-38-27-17-21(7-9-23(27)31(36)37-38)29-25(34)11-12-26(30(29)35)39(20-43-14-16-46(4,5)6)44(40,41)28-18-22(32)8-10-24(28)33/h7-12,17-18H,13-16,19-20H2,1-6H3. The summed E-state index contributed by atoms with van der Waals surface area (Å²) in [7, 11) is -7.82. The minimum Gasteiger partial charge on any atom is -0.360 e. The highest BCUT2D eigenvalue weighted by molar-refractivity contribution is 14.1. The summed E-state index contributed by atoms with van der Waals surface area (Å²) in [5.74, 6) is -4.37. The highest BCUT2D eigenvalue weighted by Gasteiger charge is 2.32. The molecule has 0 unspecified atom stereocenters. The molecule has 0 N–H and O–H groups in total. The van der Waals surface area contributed by atoms with E-state index in [4.69, 9.17) is 9.47 Å². The molecule has 0 aliphatic rings. The Morgan fingerprint density at radius 1 is 0.848 bits per heavy atom. The molecule has 0 atom stereocenters. The number of fused-ring (bicyclic) bond motifs is 1. The zero-order valence-corrected chi connectivity index (χ0v) is 31.6. The van der Waals surface area contributed by atoms with E-state index in [1.807, 2.05) is 0 Å². The van der Waals surface area contributed by atoms with Crippen molar-refractivity contribution in [1.82, 2.24) is 9.78 Å². The van der Waals surface area contributed by atoms with Gasteiger partial charge in [-0.2, -0.15) is 5.10 Å². The Balaban J connectivity index is 1.78. The summed E-state index contributed by atoms with van der Waals surface area (Å²) >= 11 is 2.08. The summed E-state index contributed by atoms with van der Waals surface area (Å²) in [5, 5.41) is 5.27. The van der Waals surface area contributed by atoms with Gasteiger partial charge in [0.05, 0.1) is 16.8 Å². The van der Waals surface area contributed by atoms with Crippen LogP contribution >= 0.6 is 22.6 Å². The zero-order valence-electron chi connectivity index (χ0n) is 26.6. The van der Waals surface area contributed by atoms with Gasteiger partial charge in [-0.05, 0) is 82.7 Å². The number of hydrogen-bond donors (Lipinski definition) is 0. The largest absolute Gasteiger partial charge is 0.360 e. The molecule has 0 fully saturated rings. The number of anilines is 1. The molecule has 1 aromatic heterocycles. The van der Waals surface area contributed by atoms with E-state index in [0.717, 1.165) is 29.6 Å². The summed E-state index contributed by atoms with van der Waals surface area (Å²) in [6, 6.07) is 10.2. The first-order valence-corrected chi connectivity index (χ1v) is 24.6. The number of aromatic nitrogens is 2. The van der Waals surface area contributed by atoms with Crippen LogP contribution in [0, 0.1) is 27.0 Å². The van der Waals surface area contributed by atoms with Crippen LogP contribution in [0.25, 0.3) is 22.0 Å². The molecule has 0 saturated carbocycles. The number of rotatable bonds is 14. The first kappa shape index (κ1) is 36.5. The summed E-state index contributed by atoms with van der Waals surface area (Å²) in [5.41, 5.74) is -0.382. The molecule has 4 rings (SSSR count). The maximum Gasteiger partial charge on any atom is 0.269 e. The Labute approximate surface area is 283 Å². The number of ether oxygens (including phenoxy) is 2. The van der Waals surface area contributed by atoms with E-state index in [2.05, 4.69) is 67.0 Å². The minimum absolute atomic E-state index is 0.123. The summed E-state index contributed by atoms with van der Waals surface area (Å²) in [4.78, 5) is -0.999. The van der Waals surface area contributed by atoms with Gasteiger partial charge < -0.3 is 9.47 Å². The molecule has 7 nitrogen and oxygen atoms in total. The first-order valence-electron chi connectivity index (χ1n) is 14.7. The second-order valence-electron chi connectivity index (χ2n) is 13.4. The summed E-state index contributed by atoms with van der Waals surface area (Å²) in [6.45, 7) is 13.2. The first-order chi connectivity index (χ1) is 21.4. The van der Waals surface area contributed by atoms with Crippen molar-refractivity contribution in [2.24, 2.45) is 0 Å². The monoisotopic (exact) mass is 807 g/mol. The van der Waals surface area contributed by atoms with Gasteiger partial charge in [-0.1, -0.05) is 45.3 Å². The maximum absolute atomic E-state index is 16.5. The van der Waals surface area contributed by atoms with Crippen molar-refractivity contribution in [3.63, 3.8) is 0 Å². The third-order valence-electron chi connectivity index (χ3n) is 7.21. The van der Waals surface area contributed by atoms with Gasteiger partial charge in [0, 0.05) is 34.7 Å². The van der Waals surface area contributed by atoms with Gasteiger partial charge in [-0.3, -0.25) is 0 Å². The fourth-order valence-corrected chi connectivity index (χ4v) is 8.16. The molecule has 0 bridgehead atoms. The van der Waals surface area contributed by atoms with Gasteiger partial charge in [0.2, 0.25) is 0 Å². The number of nitrogens with zero attached hydrogens (tertiary/aromatic N) is 3. The van der Waals surface area contributed by atoms with Crippen molar-refractivity contribution in [1.29, 1.82) is 0 Å². The van der Waals surface area contributed by atoms with Crippen molar-refractivity contribution in [3.05, 3.63) is 75.5 Å². The van der Waals surface area contributed by atoms with Crippen LogP contribution in [0.3, 0.4) is 0 Å². The maximum atomic E-state index is 16.5. The lowest BCUT2D eigenvalue weighted by Crippen LogP contribution is -2.35. The minimum atomic E-state index is -4.91. The molecule has 0 amide bonds. The lowest BCUT2D eigenvalue weighted by Gasteiger charge is -2.26. The van der Waals surface area contributed by atoms with Crippen LogP contribution < -0.4 is 4.31 Å². The molecule has 46 heavy (non-hydrogen) atoms. The number of halogens is 5. The Morgan fingerprint density at radius 2 is 1.48 bits per heavy atom. The van der Waals surface area contributed by atoms with E-state index in [1.54, 1.807) is 16.8 Å². The van der Waals surface area contributed by atoms with Gasteiger partial charge in [-0.15, -0.1) is 0 Å². The molecule has 0 saturated heterocycles. The predicted molar refractivity (Wildman–Crippen MR) is 187 cm³/mol. The van der Waals surface area contributed by atoms with Crippen LogP contribution in [0.1, 0.15) is 0 Å². The molecule has 250 valence electrons. The smallest absolute Gasteiger partial charge is 0.269 e. The highest BCUT2D eigenvalue weighted by Crippen LogP contribution is 2.37. The number of benzene rings is 3. The topological polar surface area (TPSA) is 73.7 Å². The Kier molecular flexibility index (Phi) is 11.5. The lowest BCUT2D eigenvalue weighted by atomic mass is 10.0. The number of sulfonamides is 1. The van der Waals surface area contributed by atoms with Gasteiger partial charge in [0.25, 0.3) is 10.0 Å². The van der Waals surface area contributed by atoms with Gasteiger partial charge >= 0.3 is 0 Å². The van der Waals surface area contributed by atoms with Gasteiger partial charge in [0.15, 0.2) is 5.82 Å². The van der Waals surface area contributed by atoms with Crippen molar-refractivity contribution in [2.75, 3.05) is 24.2 Å². The molecule has 3 aromatic carbocycles. The third kappa shape index (κ3) is 8.77. The van der Waals surface area contributed by atoms with E-state index >= 15 is 8.78 Å². The quantitative estimate of drug-likeness (QED) is 0.0420. The Bertz CT molecular complexity index is 1830. The molecule has 0 aliphatic carbocycles. The lowest BCUT2D eigenvalue weighted by molar-refractivity contribution is 0.0814. The second kappa shape index (κ2) is 14.4. The molecule has 0 spiro atoms. The molecule has 15 heteroatoms. The molecule has 1 heterocycles. The van der Waals surface area contributed by atoms with Crippen molar-refractivity contribution >= 4 is 65.4 Å². The normalized spacial score (nSPS) is 12.7. The molecular formula is C31H38F4IN3O4SSi2. The highest BCUT2D eigenvalue weighted by atomic mass is 127. The van der Waals surface area contributed by atoms with Crippen LogP contribution in [0.4, 0.5) is 23.2 Å². The Morgan fingerprint density at radius 3 is 2.13 bits per heavy atom. The second-order valence-corrected chi connectivity index (χ2v) is 27.5. The van der Waals surface area contributed by atoms with E-state index in [1.165, 1.54) is 6.07 Å². The predicted octanol–water partition coefficient (Wildman–Crippen LogP) is 8.68. The summed E-state index contributed by atoms with van der Waals surface area (Å²) < 4.78 is 103. The van der Waals surface area contributed by atoms with Crippen LogP contribution in [-0.2, 0) is 26.2 Å². The molecular weight excluding hydrogens is 769 g/mol.